The van der Waals surface area contributed by atoms with Gasteiger partial charge in [0, 0.05) is 18.3 Å². The number of carbonyl (C=O) groups is 1. The van der Waals surface area contributed by atoms with Crippen LogP contribution in [-0.4, -0.2) is 28.0 Å². The van der Waals surface area contributed by atoms with Crippen LogP contribution in [0.4, 0.5) is 5.82 Å². The fraction of sp³-hybridized carbons (Fsp3) is 0.545. The third-order valence-electron chi connectivity index (χ3n) is 2.83. The zero-order valence-electron chi connectivity index (χ0n) is 9.24. The van der Waals surface area contributed by atoms with Crippen LogP contribution in [0.1, 0.15) is 36.0 Å². The lowest BCUT2D eigenvalue weighted by Crippen LogP contribution is -2.27. The number of halogens is 1. The number of anilines is 1. The minimum atomic E-state index is -0.118. The molecule has 90 valence electrons. The third-order valence-corrected chi connectivity index (χ3v) is 3.02. The van der Waals surface area contributed by atoms with Crippen molar-refractivity contribution in [1.29, 1.82) is 0 Å². The summed E-state index contributed by atoms with van der Waals surface area (Å²) in [5, 5.41) is 6.29. The number of hydrogen-bond donors (Lipinski definition) is 2. The second-order valence-corrected chi connectivity index (χ2v) is 4.91. The van der Waals surface area contributed by atoms with Crippen LogP contribution in [0, 0.1) is 0 Å². The molecule has 3 rings (SSSR count). The average Bonchev–Trinajstić information content (AvgIpc) is 3.13. The SMILES string of the molecule is O=C(NC1CC1)c1cnc(Cl)nc1NC1CC1. The number of nitrogens with zero attached hydrogens (tertiary/aromatic N) is 2. The van der Waals surface area contributed by atoms with Crippen molar-refractivity contribution < 1.29 is 4.79 Å². The summed E-state index contributed by atoms with van der Waals surface area (Å²) in [5.74, 6) is 0.429. The first kappa shape index (κ1) is 10.8. The molecule has 1 aromatic heterocycles. The Hall–Kier alpha value is -1.36. The monoisotopic (exact) mass is 252 g/mol. The fourth-order valence-electron chi connectivity index (χ4n) is 1.55. The zero-order chi connectivity index (χ0) is 11.8. The van der Waals surface area contributed by atoms with Crippen LogP contribution in [0.3, 0.4) is 0 Å². The zero-order valence-corrected chi connectivity index (χ0v) is 10.00. The van der Waals surface area contributed by atoms with Gasteiger partial charge in [-0.2, -0.15) is 4.98 Å². The first-order chi connectivity index (χ1) is 8.22. The smallest absolute Gasteiger partial charge is 0.256 e. The van der Waals surface area contributed by atoms with Crippen molar-refractivity contribution >= 4 is 23.3 Å². The van der Waals surface area contributed by atoms with Crippen LogP contribution in [0.2, 0.25) is 5.28 Å². The molecule has 1 amide bonds. The van der Waals surface area contributed by atoms with Gasteiger partial charge in [0.05, 0.1) is 0 Å². The summed E-state index contributed by atoms with van der Waals surface area (Å²) in [6.07, 6.45) is 5.84. The molecule has 1 aromatic rings. The van der Waals surface area contributed by atoms with E-state index in [1.807, 2.05) is 0 Å². The Labute approximate surface area is 104 Å². The lowest BCUT2D eigenvalue weighted by Gasteiger charge is -2.10. The van der Waals surface area contributed by atoms with Crippen molar-refractivity contribution in [3.05, 3.63) is 17.0 Å². The summed E-state index contributed by atoms with van der Waals surface area (Å²) in [4.78, 5) is 19.9. The number of aromatic nitrogens is 2. The van der Waals surface area contributed by atoms with E-state index in [1.54, 1.807) is 0 Å². The second kappa shape index (κ2) is 4.14. The summed E-state index contributed by atoms with van der Waals surface area (Å²) in [7, 11) is 0. The molecule has 0 unspecified atom stereocenters. The van der Waals surface area contributed by atoms with E-state index in [9.17, 15) is 4.79 Å². The number of hydrogen-bond acceptors (Lipinski definition) is 4. The molecule has 0 spiro atoms. The van der Waals surface area contributed by atoms with Crippen molar-refractivity contribution in [2.45, 2.75) is 37.8 Å². The maximum atomic E-state index is 12.0. The van der Waals surface area contributed by atoms with Crippen LogP contribution in [0.25, 0.3) is 0 Å². The van der Waals surface area contributed by atoms with Crippen LogP contribution in [-0.2, 0) is 0 Å². The molecule has 2 aliphatic rings. The first-order valence-corrected chi connectivity index (χ1v) is 6.20. The van der Waals surface area contributed by atoms with E-state index in [-0.39, 0.29) is 11.2 Å². The minimum Gasteiger partial charge on any atom is -0.367 e. The summed E-state index contributed by atoms with van der Waals surface area (Å²) in [5.41, 5.74) is 0.480. The predicted molar refractivity (Wildman–Crippen MR) is 64.2 cm³/mol. The lowest BCUT2D eigenvalue weighted by atomic mass is 10.3. The Kier molecular flexibility index (Phi) is 2.63. The number of carbonyl (C=O) groups excluding carboxylic acids is 1. The van der Waals surface area contributed by atoms with Gasteiger partial charge in [-0.05, 0) is 37.3 Å². The molecule has 2 aliphatic carbocycles. The Bertz CT molecular complexity index is 457. The Morgan fingerprint density at radius 1 is 1.29 bits per heavy atom. The van der Waals surface area contributed by atoms with Crippen molar-refractivity contribution in [2.24, 2.45) is 0 Å². The largest absolute Gasteiger partial charge is 0.367 e. The Balaban J connectivity index is 1.81. The summed E-state index contributed by atoms with van der Waals surface area (Å²) in [6.45, 7) is 0. The Morgan fingerprint density at radius 3 is 2.65 bits per heavy atom. The van der Waals surface area contributed by atoms with Gasteiger partial charge in [-0.25, -0.2) is 4.98 Å². The highest BCUT2D eigenvalue weighted by molar-refractivity contribution is 6.28. The first-order valence-electron chi connectivity index (χ1n) is 5.82. The summed E-state index contributed by atoms with van der Waals surface area (Å²) >= 11 is 5.75. The molecular weight excluding hydrogens is 240 g/mol. The standard InChI is InChI=1S/C11H13ClN4O/c12-11-13-5-8(10(17)15-7-3-4-7)9(16-11)14-6-1-2-6/h5-7H,1-4H2,(H,15,17)(H,13,14,16). The van der Waals surface area contributed by atoms with Gasteiger partial charge >= 0.3 is 0 Å². The van der Waals surface area contributed by atoms with Crippen molar-refractivity contribution in [3.8, 4) is 0 Å². The Morgan fingerprint density at radius 2 is 2.00 bits per heavy atom. The molecule has 0 saturated heterocycles. The molecule has 0 aliphatic heterocycles. The molecule has 17 heavy (non-hydrogen) atoms. The van der Waals surface area contributed by atoms with E-state index < -0.39 is 0 Å². The summed E-state index contributed by atoms with van der Waals surface area (Å²) in [6, 6.07) is 0.750. The third kappa shape index (κ3) is 2.66. The van der Waals surface area contributed by atoms with E-state index in [0.29, 0.717) is 23.5 Å². The molecule has 0 radical (unpaired) electrons. The van der Waals surface area contributed by atoms with E-state index in [0.717, 1.165) is 25.7 Å². The molecule has 2 saturated carbocycles. The molecule has 0 atom stereocenters. The van der Waals surface area contributed by atoms with Gasteiger partial charge in [0.15, 0.2) is 0 Å². The minimum absolute atomic E-state index is 0.118. The maximum absolute atomic E-state index is 12.0. The van der Waals surface area contributed by atoms with Gasteiger partial charge in [0.1, 0.15) is 11.4 Å². The summed E-state index contributed by atoms with van der Waals surface area (Å²) < 4.78 is 0. The topological polar surface area (TPSA) is 66.9 Å². The van der Waals surface area contributed by atoms with Gasteiger partial charge in [-0.3, -0.25) is 4.79 Å². The van der Waals surface area contributed by atoms with Crippen LogP contribution >= 0.6 is 11.6 Å². The van der Waals surface area contributed by atoms with E-state index in [1.165, 1.54) is 6.20 Å². The van der Waals surface area contributed by atoms with Gasteiger partial charge in [0.25, 0.3) is 5.91 Å². The quantitative estimate of drug-likeness (QED) is 0.799. The molecular formula is C11H13ClN4O. The van der Waals surface area contributed by atoms with Crippen molar-refractivity contribution in [2.75, 3.05) is 5.32 Å². The normalized spacial score (nSPS) is 18.9. The number of amides is 1. The highest BCUT2D eigenvalue weighted by Gasteiger charge is 2.28. The van der Waals surface area contributed by atoms with Gasteiger partial charge in [-0.15, -0.1) is 0 Å². The van der Waals surface area contributed by atoms with Crippen molar-refractivity contribution in [1.82, 2.24) is 15.3 Å². The van der Waals surface area contributed by atoms with Crippen LogP contribution < -0.4 is 10.6 Å². The van der Waals surface area contributed by atoms with E-state index in [4.69, 9.17) is 11.6 Å². The average molecular weight is 253 g/mol. The molecule has 2 fully saturated rings. The highest BCUT2D eigenvalue weighted by atomic mass is 35.5. The van der Waals surface area contributed by atoms with E-state index in [2.05, 4.69) is 20.6 Å². The second-order valence-electron chi connectivity index (χ2n) is 4.57. The predicted octanol–water partition coefficient (Wildman–Crippen LogP) is 1.60. The lowest BCUT2D eigenvalue weighted by molar-refractivity contribution is 0.0951. The molecule has 0 bridgehead atoms. The molecule has 2 N–H and O–H groups in total. The maximum Gasteiger partial charge on any atom is 0.256 e. The highest BCUT2D eigenvalue weighted by Crippen LogP contribution is 2.26. The fourth-order valence-corrected chi connectivity index (χ4v) is 1.68. The molecule has 6 heteroatoms. The van der Waals surface area contributed by atoms with Gasteiger partial charge in [-0.1, -0.05) is 0 Å². The van der Waals surface area contributed by atoms with E-state index >= 15 is 0 Å². The molecule has 0 aromatic carbocycles. The van der Waals surface area contributed by atoms with Gasteiger partial charge < -0.3 is 10.6 Å². The number of rotatable bonds is 4. The van der Waals surface area contributed by atoms with Gasteiger partial charge in [0.2, 0.25) is 5.28 Å². The molecule has 5 nitrogen and oxygen atoms in total. The van der Waals surface area contributed by atoms with Crippen LogP contribution in [0.5, 0.6) is 0 Å². The number of nitrogens with one attached hydrogen (secondary N) is 2. The molecule has 1 heterocycles. The van der Waals surface area contributed by atoms with Crippen molar-refractivity contribution in [3.63, 3.8) is 0 Å². The van der Waals surface area contributed by atoms with Crippen LogP contribution in [0.15, 0.2) is 6.20 Å².